The fourth-order valence-electron chi connectivity index (χ4n) is 4.08. The van der Waals surface area contributed by atoms with E-state index in [0.29, 0.717) is 12.2 Å². The maximum absolute atomic E-state index is 12.8. The van der Waals surface area contributed by atoms with Crippen LogP contribution in [0.4, 0.5) is 4.79 Å². The molecule has 5 nitrogen and oxygen atoms in total. The van der Waals surface area contributed by atoms with E-state index in [0.717, 1.165) is 27.7 Å². The smallest absolute Gasteiger partial charge is 0.418 e. The Morgan fingerprint density at radius 1 is 0.938 bits per heavy atom. The van der Waals surface area contributed by atoms with Gasteiger partial charge in [-0.05, 0) is 43.2 Å². The maximum Gasteiger partial charge on any atom is 0.418 e. The van der Waals surface area contributed by atoms with Crippen LogP contribution in [0.15, 0.2) is 90.5 Å². The van der Waals surface area contributed by atoms with E-state index in [2.05, 4.69) is 0 Å². The third-order valence-corrected chi connectivity index (χ3v) is 5.70. The molecule has 0 N–H and O–H groups in total. The number of carbonyl (C=O) groups is 2. The molecule has 1 aliphatic heterocycles. The number of ether oxygens (including phenoxy) is 1. The Bertz CT molecular complexity index is 1210. The third kappa shape index (κ3) is 4.47. The summed E-state index contributed by atoms with van der Waals surface area (Å²) in [6, 6.07) is 17.9. The first-order chi connectivity index (χ1) is 15.5. The first kappa shape index (κ1) is 21.5. The Labute approximate surface area is 188 Å². The molecule has 2 heterocycles. The molecule has 32 heavy (non-hydrogen) atoms. The van der Waals surface area contributed by atoms with Crippen molar-refractivity contribution in [1.29, 1.82) is 0 Å². The predicted octanol–water partition coefficient (Wildman–Crippen LogP) is 5.37. The van der Waals surface area contributed by atoms with Crippen LogP contribution in [0, 0.1) is 0 Å². The van der Waals surface area contributed by atoms with E-state index in [1.807, 2.05) is 97.6 Å². The highest BCUT2D eigenvalue weighted by Crippen LogP contribution is 2.30. The van der Waals surface area contributed by atoms with Gasteiger partial charge in [0.1, 0.15) is 0 Å². The molecule has 1 aromatic heterocycles. The van der Waals surface area contributed by atoms with Gasteiger partial charge >= 0.3 is 6.09 Å². The van der Waals surface area contributed by atoms with Gasteiger partial charge in [-0.3, -0.25) is 9.69 Å². The number of hydrogen-bond acceptors (Lipinski definition) is 3. The minimum atomic E-state index is -0.355. The van der Waals surface area contributed by atoms with Gasteiger partial charge in [0.05, 0.1) is 6.61 Å². The Morgan fingerprint density at radius 3 is 2.25 bits per heavy atom. The van der Waals surface area contributed by atoms with Gasteiger partial charge in [-0.2, -0.15) is 4.57 Å². The van der Waals surface area contributed by atoms with Crippen molar-refractivity contribution in [1.82, 2.24) is 4.90 Å². The molecular weight excluding hydrogens is 400 g/mol. The lowest BCUT2D eigenvalue weighted by Gasteiger charge is -2.29. The van der Waals surface area contributed by atoms with E-state index >= 15 is 0 Å². The van der Waals surface area contributed by atoms with Gasteiger partial charge in [0, 0.05) is 35.0 Å². The number of Topliss-reactive ketones (excluding diaryl/α,β-unsaturated/α-hetero) is 1. The number of ketones is 1. The molecule has 0 radical (unpaired) electrons. The van der Waals surface area contributed by atoms with Gasteiger partial charge in [-0.15, -0.1) is 0 Å². The maximum atomic E-state index is 12.8. The van der Waals surface area contributed by atoms with E-state index in [1.165, 1.54) is 0 Å². The monoisotopic (exact) mass is 427 g/mol. The predicted molar refractivity (Wildman–Crippen MR) is 124 cm³/mol. The SMILES string of the molecule is CCOC(=O)N1C(C)=CC(c2cc[n+](CC(=O)c3ccc4ccccc4c3)cc2)C=C1C. The Balaban J connectivity index is 1.47. The normalized spacial score (nSPS) is 14.2. The number of benzene rings is 2. The molecule has 0 bridgehead atoms. The highest BCUT2D eigenvalue weighted by atomic mass is 16.6. The molecule has 162 valence electrons. The molecule has 2 aromatic carbocycles. The van der Waals surface area contributed by atoms with Crippen molar-refractivity contribution in [2.24, 2.45) is 0 Å². The number of allylic oxidation sites excluding steroid dienone is 4. The number of rotatable bonds is 5. The van der Waals surface area contributed by atoms with Crippen molar-refractivity contribution < 1.29 is 18.9 Å². The lowest BCUT2D eigenvalue weighted by atomic mass is 9.95. The number of pyridine rings is 1. The first-order valence-electron chi connectivity index (χ1n) is 10.8. The Kier molecular flexibility index (Phi) is 6.17. The van der Waals surface area contributed by atoms with Crippen molar-refractivity contribution in [2.75, 3.05) is 6.61 Å². The van der Waals surface area contributed by atoms with E-state index in [4.69, 9.17) is 4.74 Å². The number of fused-ring (bicyclic) bond motifs is 1. The zero-order valence-corrected chi connectivity index (χ0v) is 18.6. The van der Waals surface area contributed by atoms with Gasteiger partial charge in [0.2, 0.25) is 12.3 Å². The zero-order valence-electron chi connectivity index (χ0n) is 18.6. The molecule has 1 aliphatic rings. The summed E-state index contributed by atoms with van der Waals surface area (Å²) in [5, 5.41) is 2.19. The van der Waals surface area contributed by atoms with Crippen molar-refractivity contribution in [2.45, 2.75) is 33.2 Å². The van der Waals surface area contributed by atoms with Crippen LogP contribution in [-0.2, 0) is 11.3 Å². The number of aromatic nitrogens is 1. The number of amides is 1. The molecular formula is C27H27N2O3+. The van der Waals surface area contributed by atoms with Gasteiger partial charge in [0.25, 0.3) is 0 Å². The minimum Gasteiger partial charge on any atom is -0.449 e. The molecule has 0 atom stereocenters. The summed E-state index contributed by atoms with van der Waals surface area (Å²) >= 11 is 0. The van der Waals surface area contributed by atoms with Crippen LogP contribution in [0.2, 0.25) is 0 Å². The van der Waals surface area contributed by atoms with E-state index in [9.17, 15) is 9.59 Å². The van der Waals surface area contributed by atoms with Crippen LogP contribution in [-0.4, -0.2) is 23.4 Å². The highest BCUT2D eigenvalue weighted by molar-refractivity contribution is 5.99. The quantitative estimate of drug-likeness (QED) is 0.406. The van der Waals surface area contributed by atoms with E-state index in [1.54, 1.807) is 11.8 Å². The fraction of sp³-hybridized carbons (Fsp3) is 0.222. The average molecular weight is 428 g/mol. The lowest BCUT2D eigenvalue weighted by molar-refractivity contribution is -0.683. The Hall–Kier alpha value is -3.73. The molecule has 4 rings (SSSR count). The Morgan fingerprint density at radius 2 is 1.59 bits per heavy atom. The van der Waals surface area contributed by atoms with Crippen LogP contribution >= 0.6 is 0 Å². The summed E-state index contributed by atoms with van der Waals surface area (Å²) in [6.45, 7) is 6.24. The third-order valence-electron chi connectivity index (χ3n) is 5.70. The number of nitrogens with zero attached hydrogens (tertiary/aromatic N) is 2. The second-order valence-electron chi connectivity index (χ2n) is 7.97. The van der Waals surface area contributed by atoms with Crippen molar-refractivity contribution >= 4 is 22.6 Å². The minimum absolute atomic E-state index is 0.0616. The zero-order chi connectivity index (χ0) is 22.7. The van der Waals surface area contributed by atoms with Crippen molar-refractivity contribution in [3.63, 3.8) is 0 Å². The van der Waals surface area contributed by atoms with E-state index < -0.39 is 0 Å². The van der Waals surface area contributed by atoms with Crippen molar-refractivity contribution in [3.05, 3.63) is 102 Å². The van der Waals surface area contributed by atoms with Gasteiger partial charge < -0.3 is 4.74 Å². The average Bonchev–Trinajstić information content (AvgIpc) is 2.79. The van der Waals surface area contributed by atoms with Crippen LogP contribution in [0.5, 0.6) is 0 Å². The summed E-state index contributed by atoms with van der Waals surface area (Å²) in [7, 11) is 0. The summed E-state index contributed by atoms with van der Waals surface area (Å²) in [4.78, 5) is 26.6. The number of carbonyl (C=O) groups excluding carboxylic acids is 2. The molecule has 0 fully saturated rings. The topological polar surface area (TPSA) is 50.5 Å². The largest absolute Gasteiger partial charge is 0.449 e. The molecule has 0 spiro atoms. The molecule has 1 amide bonds. The van der Waals surface area contributed by atoms with Gasteiger partial charge in [0.15, 0.2) is 12.4 Å². The van der Waals surface area contributed by atoms with E-state index in [-0.39, 0.29) is 24.3 Å². The van der Waals surface area contributed by atoms with Crippen LogP contribution in [0.25, 0.3) is 10.8 Å². The fourth-order valence-corrected chi connectivity index (χ4v) is 4.08. The highest BCUT2D eigenvalue weighted by Gasteiger charge is 2.24. The molecule has 3 aromatic rings. The second kappa shape index (κ2) is 9.18. The van der Waals surface area contributed by atoms with Gasteiger partial charge in [-0.1, -0.05) is 48.6 Å². The summed E-state index contributed by atoms with van der Waals surface area (Å²) in [6.07, 6.45) is 7.59. The number of hydrogen-bond donors (Lipinski definition) is 0. The van der Waals surface area contributed by atoms with Crippen molar-refractivity contribution in [3.8, 4) is 0 Å². The molecule has 0 saturated carbocycles. The van der Waals surface area contributed by atoms with Crippen LogP contribution in [0.3, 0.4) is 0 Å². The summed E-state index contributed by atoms with van der Waals surface area (Å²) < 4.78 is 7.04. The standard InChI is InChI=1S/C27H27N2O3/c1-4-32-27(31)29-19(2)15-25(16-20(29)3)22-11-13-28(14-12-22)18-26(30)24-10-9-21-7-5-6-8-23(21)17-24/h5-17,25H,4,18H2,1-3H3/q+1. The summed E-state index contributed by atoms with van der Waals surface area (Å²) in [5.74, 6) is 0.134. The molecule has 0 aliphatic carbocycles. The lowest BCUT2D eigenvalue weighted by Crippen LogP contribution is -2.37. The van der Waals surface area contributed by atoms with Crippen LogP contribution < -0.4 is 4.57 Å². The van der Waals surface area contributed by atoms with Gasteiger partial charge in [-0.25, -0.2) is 4.79 Å². The molecule has 0 saturated heterocycles. The molecule has 0 unspecified atom stereocenters. The molecule has 5 heteroatoms. The first-order valence-corrected chi connectivity index (χ1v) is 10.8. The second-order valence-corrected chi connectivity index (χ2v) is 7.97. The van der Waals surface area contributed by atoms with Crippen LogP contribution in [0.1, 0.15) is 42.6 Å². The summed E-state index contributed by atoms with van der Waals surface area (Å²) in [5.41, 5.74) is 3.50.